The van der Waals surface area contributed by atoms with E-state index in [0.717, 1.165) is 4.60 Å². The summed E-state index contributed by atoms with van der Waals surface area (Å²) < 4.78 is 5.90. The van der Waals surface area contributed by atoms with E-state index >= 15 is 0 Å². The molecule has 1 saturated heterocycles. The van der Waals surface area contributed by atoms with Gasteiger partial charge in [-0.3, -0.25) is 0 Å². The maximum absolute atomic E-state index is 10.0. The minimum absolute atomic E-state index is 0.380. The zero-order valence-corrected chi connectivity index (χ0v) is 10.6. The quantitative estimate of drug-likeness (QED) is 0.816. The van der Waals surface area contributed by atoms with Crippen LogP contribution in [0.1, 0.15) is 12.2 Å². The van der Waals surface area contributed by atoms with Crippen LogP contribution < -0.4 is 5.32 Å². The van der Waals surface area contributed by atoms with Crippen molar-refractivity contribution in [1.82, 2.24) is 9.97 Å². The van der Waals surface area contributed by atoms with Gasteiger partial charge in [-0.1, -0.05) is 0 Å². The highest BCUT2D eigenvalue weighted by atomic mass is 79.9. The summed E-state index contributed by atoms with van der Waals surface area (Å²) in [4.78, 5) is 8.33. The van der Waals surface area contributed by atoms with Crippen molar-refractivity contribution >= 4 is 21.7 Å². The van der Waals surface area contributed by atoms with Gasteiger partial charge in [0, 0.05) is 25.6 Å². The predicted molar refractivity (Wildman–Crippen MR) is 63.3 cm³/mol. The zero-order valence-electron chi connectivity index (χ0n) is 9.03. The van der Waals surface area contributed by atoms with E-state index in [0.29, 0.717) is 37.8 Å². The molecule has 5 nitrogen and oxygen atoms in total. The molecule has 0 saturated carbocycles. The molecule has 1 atom stereocenters. The van der Waals surface area contributed by atoms with Crippen LogP contribution in [0.4, 0.5) is 5.82 Å². The second-order valence-electron chi connectivity index (χ2n) is 4.00. The van der Waals surface area contributed by atoms with E-state index in [2.05, 4.69) is 31.2 Å². The maximum atomic E-state index is 10.0. The van der Waals surface area contributed by atoms with Crippen molar-refractivity contribution in [2.24, 2.45) is 0 Å². The summed E-state index contributed by atoms with van der Waals surface area (Å²) in [5.41, 5.74) is -0.772. The minimum atomic E-state index is -0.772. The molecule has 0 radical (unpaired) electrons. The van der Waals surface area contributed by atoms with Crippen molar-refractivity contribution in [2.75, 3.05) is 25.1 Å². The Labute approximate surface area is 102 Å². The summed E-state index contributed by atoms with van der Waals surface area (Å²) in [7, 11) is 0. The van der Waals surface area contributed by atoms with Gasteiger partial charge >= 0.3 is 0 Å². The molecule has 16 heavy (non-hydrogen) atoms. The number of ether oxygens (including phenoxy) is 1. The molecule has 0 amide bonds. The Morgan fingerprint density at radius 2 is 2.44 bits per heavy atom. The number of nitrogens with one attached hydrogen (secondary N) is 1. The lowest BCUT2D eigenvalue weighted by Crippen LogP contribution is -2.37. The topological polar surface area (TPSA) is 67.3 Å². The molecule has 88 valence electrons. The number of hydrogen-bond acceptors (Lipinski definition) is 5. The molecule has 1 aromatic heterocycles. The standard InChI is InChI=1S/C10H14BrN3O2/c1-7-13-8(11)4-9(14-7)12-5-10(15)2-3-16-6-10/h4,15H,2-3,5-6H2,1H3,(H,12,13,14). The minimum Gasteiger partial charge on any atom is -0.386 e. The first-order chi connectivity index (χ1) is 7.57. The van der Waals surface area contributed by atoms with Crippen LogP contribution in [-0.4, -0.2) is 40.4 Å². The second-order valence-corrected chi connectivity index (χ2v) is 4.82. The fourth-order valence-electron chi connectivity index (χ4n) is 1.61. The van der Waals surface area contributed by atoms with Gasteiger partial charge < -0.3 is 15.2 Å². The van der Waals surface area contributed by atoms with Crippen LogP contribution in [0, 0.1) is 6.92 Å². The molecule has 1 aliphatic heterocycles. The number of aromatic nitrogens is 2. The molecule has 0 bridgehead atoms. The Kier molecular flexibility index (Phi) is 3.41. The Morgan fingerprint density at radius 3 is 3.06 bits per heavy atom. The third-order valence-corrected chi connectivity index (χ3v) is 2.89. The van der Waals surface area contributed by atoms with Crippen molar-refractivity contribution in [3.8, 4) is 0 Å². The summed E-state index contributed by atoms with van der Waals surface area (Å²) in [5.74, 6) is 1.39. The van der Waals surface area contributed by atoms with E-state index < -0.39 is 5.60 Å². The fourth-order valence-corrected chi connectivity index (χ4v) is 2.09. The van der Waals surface area contributed by atoms with Gasteiger partial charge in [0.2, 0.25) is 0 Å². The van der Waals surface area contributed by atoms with Crippen molar-refractivity contribution in [3.63, 3.8) is 0 Å². The highest BCUT2D eigenvalue weighted by Crippen LogP contribution is 2.19. The number of rotatable bonds is 3. The monoisotopic (exact) mass is 287 g/mol. The van der Waals surface area contributed by atoms with Crippen LogP contribution in [0.5, 0.6) is 0 Å². The van der Waals surface area contributed by atoms with Gasteiger partial charge in [0.25, 0.3) is 0 Å². The number of aliphatic hydroxyl groups is 1. The predicted octanol–water partition coefficient (Wildman–Crippen LogP) is 1.11. The molecule has 1 aliphatic rings. The molecular formula is C10H14BrN3O2. The van der Waals surface area contributed by atoms with Crippen LogP contribution in [0.25, 0.3) is 0 Å². The van der Waals surface area contributed by atoms with Gasteiger partial charge in [-0.05, 0) is 22.9 Å². The second kappa shape index (κ2) is 4.65. The van der Waals surface area contributed by atoms with E-state index in [9.17, 15) is 5.11 Å². The van der Waals surface area contributed by atoms with Crippen LogP contribution in [0.2, 0.25) is 0 Å². The van der Waals surface area contributed by atoms with Crippen LogP contribution in [0.3, 0.4) is 0 Å². The zero-order chi connectivity index (χ0) is 11.6. The van der Waals surface area contributed by atoms with Crippen molar-refractivity contribution in [3.05, 3.63) is 16.5 Å². The lowest BCUT2D eigenvalue weighted by atomic mass is 10.0. The molecule has 2 N–H and O–H groups in total. The molecule has 1 fully saturated rings. The smallest absolute Gasteiger partial charge is 0.130 e. The van der Waals surface area contributed by atoms with E-state index in [4.69, 9.17) is 4.74 Å². The number of hydrogen-bond donors (Lipinski definition) is 2. The van der Waals surface area contributed by atoms with E-state index in [-0.39, 0.29) is 0 Å². The third-order valence-electron chi connectivity index (χ3n) is 2.49. The molecule has 0 spiro atoms. The fraction of sp³-hybridized carbons (Fsp3) is 0.600. The van der Waals surface area contributed by atoms with E-state index in [1.165, 1.54) is 0 Å². The van der Waals surface area contributed by atoms with Crippen LogP contribution >= 0.6 is 15.9 Å². The van der Waals surface area contributed by atoms with E-state index in [1.807, 2.05) is 6.92 Å². The molecule has 2 rings (SSSR count). The lowest BCUT2D eigenvalue weighted by Gasteiger charge is -2.21. The number of anilines is 1. The molecular weight excluding hydrogens is 274 g/mol. The molecule has 6 heteroatoms. The molecule has 2 heterocycles. The lowest BCUT2D eigenvalue weighted by molar-refractivity contribution is 0.0381. The maximum Gasteiger partial charge on any atom is 0.130 e. The molecule has 0 aromatic carbocycles. The van der Waals surface area contributed by atoms with Crippen LogP contribution in [-0.2, 0) is 4.74 Å². The molecule has 1 unspecified atom stereocenters. The SMILES string of the molecule is Cc1nc(Br)cc(NCC2(O)CCOC2)n1. The highest BCUT2D eigenvalue weighted by molar-refractivity contribution is 9.10. The number of aryl methyl sites for hydroxylation is 1. The summed E-state index contributed by atoms with van der Waals surface area (Å²) in [6, 6.07) is 1.78. The first-order valence-electron chi connectivity index (χ1n) is 5.13. The number of nitrogens with zero attached hydrogens (tertiary/aromatic N) is 2. The molecule has 0 aliphatic carbocycles. The summed E-state index contributed by atoms with van der Waals surface area (Å²) in [6.45, 7) is 3.26. The molecule has 1 aromatic rings. The van der Waals surface area contributed by atoms with Crippen LogP contribution in [0.15, 0.2) is 10.7 Å². The number of halogens is 1. The Hall–Kier alpha value is -0.720. The highest BCUT2D eigenvalue weighted by Gasteiger charge is 2.31. The Morgan fingerprint density at radius 1 is 1.62 bits per heavy atom. The first kappa shape index (κ1) is 11.8. The van der Waals surface area contributed by atoms with Gasteiger partial charge in [0.1, 0.15) is 21.8 Å². The Balaban J connectivity index is 1.98. The largest absolute Gasteiger partial charge is 0.386 e. The summed E-state index contributed by atoms with van der Waals surface area (Å²) in [6.07, 6.45) is 0.658. The van der Waals surface area contributed by atoms with Gasteiger partial charge in [-0.25, -0.2) is 9.97 Å². The van der Waals surface area contributed by atoms with Crippen molar-refractivity contribution in [1.29, 1.82) is 0 Å². The normalized spacial score (nSPS) is 24.7. The Bertz CT molecular complexity index is 360. The van der Waals surface area contributed by atoms with Gasteiger partial charge in [0.15, 0.2) is 0 Å². The van der Waals surface area contributed by atoms with E-state index in [1.54, 1.807) is 6.07 Å². The average molecular weight is 288 g/mol. The van der Waals surface area contributed by atoms with Gasteiger partial charge in [-0.2, -0.15) is 0 Å². The van der Waals surface area contributed by atoms with Crippen molar-refractivity contribution < 1.29 is 9.84 Å². The summed E-state index contributed by atoms with van der Waals surface area (Å²) >= 11 is 3.30. The average Bonchev–Trinajstić information content (AvgIpc) is 2.62. The summed E-state index contributed by atoms with van der Waals surface area (Å²) in [5, 5.41) is 13.1. The van der Waals surface area contributed by atoms with Gasteiger partial charge in [-0.15, -0.1) is 0 Å². The third kappa shape index (κ3) is 2.90. The van der Waals surface area contributed by atoms with Gasteiger partial charge in [0.05, 0.1) is 6.61 Å². The van der Waals surface area contributed by atoms with Crippen molar-refractivity contribution in [2.45, 2.75) is 18.9 Å². The first-order valence-corrected chi connectivity index (χ1v) is 5.92.